The summed E-state index contributed by atoms with van der Waals surface area (Å²) < 4.78 is 0. The van der Waals surface area contributed by atoms with Crippen LogP contribution in [0.25, 0.3) is 33.4 Å². The van der Waals surface area contributed by atoms with Gasteiger partial charge < -0.3 is 4.90 Å². The van der Waals surface area contributed by atoms with E-state index in [1.165, 1.54) is 66.9 Å². The van der Waals surface area contributed by atoms with Crippen LogP contribution in [0, 0.1) is 0 Å². The van der Waals surface area contributed by atoms with Crippen molar-refractivity contribution >= 4 is 17.1 Å². The molecule has 0 aliphatic heterocycles. The predicted molar refractivity (Wildman–Crippen MR) is 197 cm³/mol. The largest absolute Gasteiger partial charge is 0.310 e. The second-order valence-electron chi connectivity index (χ2n) is 13.4. The first-order valence-corrected chi connectivity index (χ1v) is 16.6. The summed E-state index contributed by atoms with van der Waals surface area (Å²) in [5, 5.41) is 0. The maximum Gasteiger partial charge on any atom is 0.0468 e. The lowest BCUT2D eigenvalue weighted by atomic mass is 9.82. The monoisotopic (exact) mass is 601 g/mol. The zero-order chi connectivity index (χ0) is 31.5. The lowest BCUT2D eigenvalue weighted by Crippen LogP contribution is -2.16. The minimum atomic E-state index is -0.0788. The summed E-state index contributed by atoms with van der Waals surface area (Å²) in [4.78, 5) is 2.44. The van der Waals surface area contributed by atoms with Crippen LogP contribution in [0.1, 0.15) is 47.6 Å². The standard InChI is InChI=1S/C46H35N/c1-46(2)43-20-12-11-18-38(43)39-27-25-36(30-44(39)46)47(34-23-21-32(22-24-34)31-13-5-3-6-14-31)35-26-28-41-42(29-35)37-17-9-10-19-40(37)45(41)33-15-7-4-8-16-33/h3-30,45H,1-2H3. The molecule has 0 saturated heterocycles. The Morgan fingerprint density at radius 3 is 1.74 bits per heavy atom. The molecule has 0 heterocycles. The van der Waals surface area contributed by atoms with Crippen molar-refractivity contribution in [1.82, 2.24) is 0 Å². The van der Waals surface area contributed by atoms with E-state index in [9.17, 15) is 0 Å². The van der Waals surface area contributed by atoms with E-state index in [0.717, 1.165) is 11.4 Å². The quantitative estimate of drug-likeness (QED) is 0.190. The number of fused-ring (bicyclic) bond motifs is 6. The van der Waals surface area contributed by atoms with Crippen molar-refractivity contribution in [1.29, 1.82) is 0 Å². The molecule has 47 heavy (non-hydrogen) atoms. The molecule has 0 bridgehead atoms. The first-order chi connectivity index (χ1) is 23.1. The van der Waals surface area contributed by atoms with Gasteiger partial charge >= 0.3 is 0 Å². The second kappa shape index (κ2) is 10.7. The Bertz CT molecular complexity index is 2260. The molecule has 7 aromatic carbocycles. The van der Waals surface area contributed by atoms with Gasteiger partial charge in [0.05, 0.1) is 0 Å². The van der Waals surface area contributed by atoms with Crippen LogP contribution in [0.4, 0.5) is 17.1 Å². The lowest BCUT2D eigenvalue weighted by Gasteiger charge is -2.29. The van der Waals surface area contributed by atoms with E-state index >= 15 is 0 Å². The molecule has 0 radical (unpaired) electrons. The van der Waals surface area contributed by atoms with Gasteiger partial charge in [-0.2, -0.15) is 0 Å². The summed E-state index contributed by atoms with van der Waals surface area (Å²) in [7, 11) is 0. The van der Waals surface area contributed by atoms with Crippen molar-refractivity contribution in [2.45, 2.75) is 25.2 Å². The molecular weight excluding hydrogens is 567 g/mol. The summed E-state index contributed by atoms with van der Waals surface area (Å²) in [6.45, 7) is 4.72. The molecule has 224 valence electrons. The Hall–Kier alpha value is -5.66. The van der Waals surface area contributed by atoms with Crippen LogP contribution in [-0.4, -0.2) is 0 Å². The van der Waals surface area contributed by atoms with Gasteiger partial charge in [-0.15, -0.1) is 0 Å². The van der Waals surface area contributed by atoms with Crippen molar-refractivity contribution in [3.05, 3.63) is 198 Å². The highest BCUT2D eigenvalue weighted by atomic mass is 15.1. The SMILES string of the molecule is CC1(C)c2ccccc2-c2ccc(N(c3ccc(-c4ccccc4)cc3)c3ccc4c(c3)-c3ccccc3C4c3ccccc3)cc21. The first kappa shape index (κ1) is 27.6. The number of nitrogens with zero attached hydrogens (tertiary/aromatic N) is 1. The Labute approximate surface area is 277 Å². The third-order valence-corrected chi connectivity index (χ3v) is 10.4. The molecule has 0 spiro atoms. The zero-order valence-electron chi connectivity index (χ0n) is 26.7. The van der Waals surface area contributed by atoms with Gasteiger partial charge in [0.1, 0.15) is 0 Å². The fraction of sp³-hybridized carbons (Fsp3) is 0.0870. The molecule has 0 fully saturated rings. The van der Waals surface area contributed by atoms with Gasteiger partial charge in [0.25, 0.3) is 0 Å². The summed E-state index contributed by atoms with van der Waals surface area (Å²) in [6.07, 6.45) is 0. The van der Waals surface area contributed by atoms with Crippen LogP contribution >= 0.6 is 0 Å². The van der Waals surface area contributed by atoms with Gasteiger partial charge in [-0.3, -0.25) is 0 Å². The second-order valence-corrected chi connectivity index (χ2v) is 13.4. The van der Waals surface area contributed by atoms with Gasteiger partial charge in [0, 0.05) is 28.4 Å². The van der Waals surface area contributed by atoms with Crippen LogP contribution in [-0.2, 0) is 5.41 Å². The third-order valence-electron chi connectivity index (χ3n) is 10.4. The molecule has 0 saturated carbocycles. The van der Waals surface area contributed by atoms with Crippen LogP contribution in [0.2, 0.25) is 0 Å². The van der Waals surface area contributed by atoms with Gasteiger partial charge in [0.15, 0.2) is 0 Å². The highest BCUT2D eigenvalue weighted by Crippen LogP contribution is 2.52. The molecule has 1 heteroatoms. The van der Waals surface area contributed by atoms with Gasteiger partial charge in [0.2, 0.25) is 0 Å². The normalized spacial score (nSPS) is 15.0. The number of hydrogen-bond acceptors (Lipinski definition) is 1. The fourth-order valence-electron chi connectivity index (χ4n) is 8.05. The molecule has 9 rings (SSSR count). The number of benzene rings is 7. The van der Waals surface area contributed by atoms with Crippen LogP contribution < -0.4 is 4.90 Å². The molecule has 2 aliphatic carbocycles. The molecule has 1 unspecified atom stereocenters. The van der Waals surface area contributed by atoms with Crippen LogP contribution in [0.3, 0.4) is 0 Å². The van der Waals surface area contributed by atoms with Crippen molar-refractivity contribution in [2.75, 3.05) is 4.90 Å². The highest BCUT2D eigenvalue weighted by Gasteiger charge is 2.36. The van der Waals surface area contributed by atoms with Crippen molar-refractivity contribution < 1.29 is 0 Å². The van der Waals surface area contributed by atoms with Gasteiger partial charge in [-0.1, -0.05) is 147 Å². The number of hydrogen-bond donors (Lipinski definition) is 0. The third kappa shape index (κ3) is 4.38. The minimum absolute atomic E-state index is 0.0788. The van der Waals surface area contributed by atoms with Crippen molar-refractivity contribution in [3.8, 4) is 33.4 Å². The average molecular weight is 602 g/mol. The van der Waals surface area contributed by atoms with Gasteiger partial charge in [-0.25, -0.2) is 0 Å². The summed E-state index contributed by atoms with van der Waals surface area (Å²) in [5.74, 6) is 0.231. The summed E-state index contributed by atoms with van der Waals surface area (Å²) in [6, 6.07) is 62.5. The maximum absolute atomic E-state index is 2.44. The Kier molecular flexibility index (Phi) is 6.30. The average Bonchev–Trinajstić information content (AvgIpc) is 3.58. The zero-order valence-corrected chi connectivity index (χ0v) is 26.7. The van der Waals surface area contributed by atoms with Crippen LogP contribution in [0.15, 0.2) is 170 Å². The smallest absolute Gasteiger partial charge is 0.0468 e. The van der Waals surface area contributed by atoms with E-state index in [2.05, 4.69) is 189 Å². The molecule has 0 amide bonds. The lowest BCUT2D eigenvalue weighted by molar-refractivity contribution is 0.660. The van der Waals surface area contributed by atoms with E-state index in [1.807, 2.05) is 0 Å². The Morgan fingerprint density at radius 1 is 0.404 bits per heavy atom. The summed E-state index contributed by atoms with van der Waals surface area (Å²) >= 11 is 0. The van der Waals surface area contributed by atoms with Crippen LogP contribution in [0.5, 0.6) is 0 Å². The van der Waals surface area contributed by atoms with Crippen molar-refractivity contribution in [2.24, 2.45) is 0 Å². The maximum atomic E-state index is 2.44. The number of anilines is 3. The van der Waals surface area contributed by atoms with Gasteiger partial charge in [-0.05, 0) is 97.6 Å². The van der Waals surface area contributed by atoms with E-state index in [4.69, 9.17) is 0 Å². The molecule has 0 N–H and O–H groups in total. The van der Waals surface area contributed by atoms with E-state index < -0.39 is 0 Å². The van der Waals surface area contributed by atoms with E-state index in [0.29, 0.717) is 0 Å². The topological polar surface area (TPSA) is 3.24 Å². The molecular formula is C46H35N. The molecule has 0 aromatic heterocycles. The number of rotatable bonds is 5. The van der Waals surface area contributed by atoms with E-state index in [-0.39, 0.29) is 11.3 Å². The highest BCUT2D eigenvalue weighted by molar-refractivity contribution is 5.89. The predicted octanol–water partition coefficient (Wildman–Crippen LogP) is 12.3. The minimum Gasteiger partial charge on any atom is -0.310 e. The van der Waals surface area contributed by atoms with E-state index in [1.54, 1.807) is 0 Å². The molecule has 7 aromatic rings. The Balaban J connectivity index is 1.21. The Morgan fingerprint density at radius 2 is 0.957 bits per heavy atom. The summed E-state index contributed by atoms with van der Waals surface area (Å²) in [5.41, 5.74) is 18.0. The molecule has 1 nitrogen and oxygen atoms in total. The first-order valence-electron chi connectivity index (χ1n) is 16.6. The van der Waals surface area contributed by atoms with Crippen molar-refractivity contribution in [3.63, 3.8) is 0 Å². The molecule has 1 atom stereocenters. The molecule has 2 aliphatic rings. The fourth-order valence-corrected chi connectivity index (χ4v) is 8.05.